The van der Waals surface area contributed by atoms with Gasteiger partial charge in [-0.05, 0) is 30.3 Å². The Bertz CT molecular complexity index is 952. The summed E-state index contributed by atoms with van der Waals surface area (Å²) >= 11 is 8.65. The number of nitrogens with zero attached hydrogens (tertiary/aromatic N) is 2. The van der Waals surface area contributed by atoms with Crippen molar-refractivity contribution in [2.75, 3.05) is 19.0 Å². The van der Waals surface area contributed by atoms with Gasteiger partial charge < -0.3 is 4.90 Å². The Hall–Kier alpha value is -2.42. The molecule has 26 heavy (non-hydrogen) atoms. The number of nitrogens with one attached hydrogen (secondary N) is 2. The molecule has 2 heterocycles. The van der Waals surface area contributed by atoms with E-state index in [0.717, 1.165) is 10.6 Å². The normalized spacial score (nSPS) is 10.4. The zero-order chi connectivity index (χ0) is 18.7. The lowest BCUT2D eigenvalue weighted by molar-refractivity contribution is 0.0844. The molecule has 0 bridgehead atoms. The quantitative estimate of drug-likeness (QED) is 0.648. The number of hydrogen-bond acceptors (Lipinski definition) is 6. The minimum atomic E-state index is -0.479. The maximum atomic E-state index is 12.2. The predicted molar refractivity (Wildman–Crippen MR) is 106 cm³/mol. The average molecular weight is 407 g/mol. The van der Waals surface area contributed by atoms with Gasteiger partial charge >= 0.3 is 0 Å². The fourth-order valence-corrected chi connectivity index (χ4v) is 4.01. The van der Waals surface area contributed by atoms with Crippen LogP contribution in [-0.2, 0) is 0 Å². The van der Waals surface area contributed by atoms with E-state index in [1.807, 2.05) is 31.1 Å². The number of thiazole rings is 1. The summed E-state index contributed by atoms with van der Waals surface area (Å²) in [6.07, 6.45) is 0. The molecule has 0 aliphatic heterocycles. The van der Waals surface area contributed by atoms with Crippen LogP contribution in [0.25, 0.3) is 9.88 Å². The van der Waals surface area contributed by atoms with Crippen LogP contribution in [0.2, 0.25) is 4.34 Å². The Balaban J connectivity index is 1.63. The number of thiophene rings is 1. The minimum absolute atomic E-state index is 0.233. The molecule has 0 radical (unpaired) electrons. The second-order valence-corrected chi connectivity index (χ2v) is 8.07. The van der Waals surface area contributed by atoms with Gasteiger partial charge in [-0.3, -0.25) is 20.4 Å². The van der Waals surface area contributed by atoms with Crippen molar-refractivity contribution >= 4 is 51.8 Å². The van der Waals surface area contributed by atoms with Crippen LogP contribution in [0.3, 0.4) is 0 Å². The average Bonchev–Trinajstić information content (AvgIpc) is 3.28. The lowest BCUT2D eigenvalue weighted by Crippen LogP contribution is -2.41. The first kappa shape index (κ1) is 18.4. The fourth-order valence-electron chi connectivity index (χ4n) is 2.10. The van der Waals surface area contributed by atoms with Gasteiger partial charge in [0.2, 0.25) is 0 Å². The molecular formula is C17H15ClN4O2S2. The number of hydrazine groups is 1. The topological polar surface area (TPSA) is 74.3 Å². The standard InChI is InChI=1S/C17H15ClN4O2S2/c1-22(2)11-5-3-4-10(8-11)15(23)20-21-16(24)12-9-25-17(19-12)13-6-7-14(18)26-13/h3-9H,1-2H3,(H,20,23)(H,21,24). The summed E-state index contributed by atoms with van der Waals surface area (Å²) in [6, 6.07) is 10.7. The summed E-state index contributed by atoms with van der Waals surface area (Å²) in [5.74, 6) is -0.880. The first-order chi connectivity index (χ1) is 12.4. The summed E-state index contributed by atoms with van der Waals surface area (Å²) < 4.78 is 0.661. The molecule has 0 unspecified atom stereocenters. The van der Waals surface area contributed by atoms with Crippen molar-refractivity contribution in [2.24, 2.45) is 0 Å². The zero-order valence-corrected chi connectivity index (χ0v) is 16.3. The zero-order valence-electron chi connectivity index (χ0n) is 13.9. The van der Waals surface area contributed by atoms with Crippen LogP contribution in [0.4, 0.5) is 5.69 Å². The fraction of sp³-hybridized carbons (Fsp3) is 0.118. The summed E-state index contributed by atoms with van der Waals surface area (Å²) in [7, 11) is 3.78. The Morgan fingerprint density at radius 3 is 2.58 bits per heavy atom. The number of benzene rings is 1. The van der Waals surface area contributed by atoms with Crippen molar-refractivity contribution in [1.82, 2.24) is 15.8 Å². The third-order valence-electron chi connectivity index (χ3n) is 3.44. The molecule has 2 N–H and O–H groups in total. The first-order valence-corrected chi connectivity index (χ1v) is 9.61. The van der Waals surface area contributed by atoms with Crippen LogP contribution >= 0.6 is 34.3 Å². The molecule has 6 nitrogen and oxygen atoms in total. The van der Waals surface area contributed by atoms with Crippen LogP contribution < -0.4 is 15.8 Å². The number of carbonyl (C=O) groups is 2. The molecular weight excluding hydrogens is 392 g/mol. The lowest BCUT2D eigenvalue weighted by atomic mass is 10.2. The molecule has 9 heteroatoms. The Kier molecular flexibility index (Phi) is 5.55. The van der Waals surface area contributed by atoms with Gasteiger partial charge in [-0.2, -0.15) is 0 Å². The number of amides is 2. The van der Waals surface area contributed by atoms with Crippen LogP contribution in [-0.4, -0.2) is 30.9 Å². The van der Waals surface area contributed by atoms with Crippen LogP contribution in [0.15, 0.2) is 41.8 Å². The van der Waals surface area contributed by atoms with Crippen molar-refractivity contribution in [3.8, 4) is 9.88 Å². The molecule has 3 rings (SSSR count). The number of aromatic nitrogens is 1. The molecule has 0 spiro atoms. The Labute approximate surface area is 163 Å². The third kappa shape index (κ3) is 4.21. The summed E-state index contributed by atoms with van der Waals surface area (Å²) in [5, 5.41) is 2.34. The van der Waals surface area contributed by atoms with Crippen molar-refractivity contribution in [3.05, 3.63) is 57.4 Å². The van der Waals surface area contributed by atoms with Gasteiger partial charge in [-0.1, -0.05) is 17.7 Å². The van der Waals surface area contributed by atoms with Gasteiger partial charge in [0.15, 0.2) is 0 Å². The molecule has 2 aromatic heterocycles. The van der Waals surface area contributed by atoms with E-state index in [9.17, 15) is 9.59 Å². The van der Waals surface area contributed by atoms with E-state index in [1.165, 1.54) is 22.7 Å². The molecule has 0 saturated carbocycles. The smallest absolute Gasteiger partial charge is 0.289 e. The predicted octanol–water partition coefficient (Wildman–Crippen LogP) is 3.67. The van der Waals surface area contributed by atoms with Crippen molar-refractivity contribution in [2.45, 2.75) is 0 Å². The van der Waals surface area contributed by atoms with Crippen molar-refractivity contribution in [1.29, 1.82) is 0 Å². The Morgan fingerprint density at radius 1 is 1.12 bits per heavy atom. The molecule has 0 atom stereocenters. The largest absolute Gasteiger partial charge is 0.378 e. The highest BCUT2D eigenvalue weighted by Gasteiger charge is 2.14. The maximum Gasteiger partial charge on any atom is 0.289 e. The van der Waals surface area contributed by atoms with E-state index in [2.05, 4.69) is 15.8 Å². The minimum Gasteiger partial charge on any atom is -0.378 e. The van der Waals surface area contributed by atoms with E-state index in [0.29, 0.717) is 14.9 Å². The number of halogens is 1. The van der Waals surface area contributed by atoms with E-state index in [4.69, 9.17) is 11.6 Å². The van der Waals surface area contributed by atoms with Gasteiger partial charge in [0.25, 0.3) is 11.8 Å². The summed E-state index contributed by atoms with van der Waals surface area (Å²) in [4.78, 5) is 31.5. The molecule has 1 aromatic carbocycles. The number of carbonyl (C=O) groups excluding carboxylic acids is 2. The number of anilines is 1. The van der Waals surface area contributed by atoms with E-state index in [1.54, 1.807) is 29.6 Å². The highest BCUT2D eigenvalue weighted by molar-refractivity contribution is 7.23. The maximum absolute atomic E-state index is 12.2. The van der Waals surface area contributed by atoms with Gasteiger partial charge in [0.1, 0.15) is 10.7 Å². The lowest BCUT2D eigenvalue weighted by Gasteiger charge is -2.13. The first-order valence-electron chi connectivity index (χ1n) is 7.53. The van der Waals surface area contributed by atoms with E-state index < -0.39 is 11.8 Å². The van der Waals surface area contributed by atoms with E-state index in [-0.39, 0.29) is 5.69 Å². The number of hydrogen-bond donors (Lipinski definition) is 2. The molecule has 2 amide bonds. The summed E-state index contributed by atoms with van der Waals surface area (Å²) in [6.45, 7) is 0. The van der Waals surface area contributed by atoms with Crippen molar-refractivity contribution in [3.63, 3.8) is 0 Å². The van der Waals surface area contributed by atoms with Crippen LogP contribution in [0.5, 0.6) is 0 Å². The molecule has 134 valence electrons. The van der Waals surface area contributed by atoms with Crippen LogP contribution in [0, 0.1) is 0 Å². The second kappa shape index (κ2) is 7.86. The number of rotatable bonds is 4. The van der Waals surface area contributed by atoms with E-state index >= 15 is 0 Å². The second-order valence-electron chi connectivity index (χ2n) is 5.49. The molecule has 3 aromatic rings. The van der Waals surface area contributed by atoms with Crippen LogP contribution in [0.1, 0.15) is 20.8 Å². The highest BCUT2D eigenvalue weighted by atomic mass is 35.5. The third-order valence-corrected chi connectivity index (χ3v) is 5.68. The molecule has 0 aliphatic rings. The molecule has 0 saturated heterocycles. The Morgan fingerprint density at radius 2 is 1.88 bits per heavy atom. The van der Waals surface area contributed by atoms with Gasteiger partial charge in [-0.25, -0.2) is 4.98 Å². The highest BCUT2D eigenvalue weighted by Crippen LogP contribution is 2.32. The van der Waals surface area contributed by atoms with Gasteiger partial charge in [0, 0.05) is 30.7 Å². The summed E-state index contributed by atoms with van der Waals surface area (Å²) in [5.41, 5.74) is 6.36. The molecule has 0 aliphatic carbocycles. The van der Waals surface area contributed by atoms with Gasteiger partial charge in [-0.15, -0.1) is 22.7 Å². The molecule has 0 fully saturated rings. The van der Waals surface area contributed by atoms with Gasteiger partial charge in [0.05, 0.1) is 9.21 Å². The SMILES string of the molecule is CN(C)c1cccc(C(=O)NNC(=O)c2csc(-c3ccc(Cl)s3)n2)c1. The van der Waals surface area contributed by atoms with Crippen molar-refractivity contribution < 1.29 is 9.59 Å². The monoisotopic (exact) mass is 406 g/mol.